The van der Waals surface area contributed by atoms with Crippen molar-refractivity contribution in [1.82, 2.24) is 4.90 Å². The van der Waals surface area contributed by atoms with Crippen LogP contribution in [-0.2, 0) is 9.53 Å². The molecule has 0 bridgehead atoms. The number of morpholine rings is 1. The second-order valence-electron chi connectivity index (χ2n) is 5.99. The molecule has 1 saturated heterocycles. The largest absolute Gasteiger partial charge is 0.379 e. The maximum absolute atomic E-state index is 12.8. The summed E-state index contributed by atoms with van der Waals surface area (Å²) < 4.78 is 5.27. The molecule has 128 valence electrons. The summed E-state index contributed by atoms with van der Waals surface area (Å²) in [6.45, 7) is 2.89. The molecule has 25 heavy (non-hydrogen) atoms. The molecule has 1 aromatic carbocycles. The number of nitrogens with zero attached hydrogens (tertiary/aromatic N) is 1. The number of benzene rings is 1. The van der Waals surface area contributed by atoms with Gasteiger partial charge in [-0.2, -0.15) is 0 Å². The van der Waals surface area contributed by atoms with Crippen LogP contribution >= 0.6 is 11.3 Å². The van der Waals surface area contributed by atoms with E-state index in [1.807, 2.05) is 4.90 Å². The van der Waals surface area contributed by atoms with E-state index in [1.165, 1.54) is 11.3 Å². The molecule has 0 atom stereocenters. The van der Waals surface area contributed by atoms with Crippen LogP contribution in [0.3, 0.4) is 0 Å². The van der Waals surface area contributed by atoms with E-state index in [0.29, 0.717) is 53.6 Å². The summed E-state index contributed by atoms with van der Waals surface area (Å²) in [6.07, 6.45) is 0. The molecule has 1 aliphatic heterocycles. The monoisotopic (exact) mass is 356 g/mol. The van der Waals surface area contributed by atoms with E-state index >= 15 is 0 Å². The minimum Gasteiger partial charge on any atom is -0.379 e. The predicted molar refractivity (Wildman–Crippen MR) is 93.5 cm³/mol. The van der Waals surface area contributed by atoms with Crippen molar-refractivity contribution < 1.29 is 19.1 Å². The number of carbonyl (C=O) groups is 3. The molecule has 0 saturated carbocycles. The topological polar surface area (TPSA) is 75.7 Å². The molecule has 1 fully saturated rings. The molecule has 6 nitrogen and oxygen atoms in total. The van der Waals surface area contributed by atoms with E-state index in [4.69, 9.17) is 4.74 Å². The van der Waals surface area contributed by atoms with Crippen molar-refractivity contribution in [3.05, 3.63) is 51.2 Å². The van der Waals surface area contributed by atoms with Crippen molar-refractivity contribution in [3.63, 3.8) is 0 Å². The van der Waals surface area contributed by atoms with Crippen LogP contribution in [0, 0.1) is 0 Å². The fraction of sp³-hybridized carbons (Fsp3) is 0.278. The zero-order chi connectivity index (χ0) is 17.4. The maximum Gasteiger partial charge on any atom is 0.238 e. The van der Waals surface area contributed by atoms with E-state index in [1.54, 1.807) is 29.6 Å². The highest BCUT2D eigenvalue weighted by molar-refractivity contribution is 7.13. The zero-order valence-corrected chi connectivity index (χ0v) is 14.2. The minimum atomic E-state index is -0.215. The Labute approximate surface area is 148 Å². The molecule has 1 aromatic heterocycles. The van der Waals surface area contributed by atoms with Crippen molar-refractivity contribution >= 4 is 34.5 Å². The number of hydrogen-bond acceptors (Lipinski definition) is 6. The van der Waals surface area contributed by atoms with Gasteiger partial charge >= 0.3 is 0 Å². The van der Waals surface area contributed by atoms with Gasteiger partial charge in [-0.1, -0.05) is 24.3 Å². The summed E-state index contributed by atoms with van der Waals surface area (Å²) in [5, 5.41) is 4.47. The summed E-state index contributed by atoms with van der Waals surface area (Å²) in [4.78, 5) is 40.1. The third-order valence-corrected chi connectivity index (χ3v) is 5.36. The average molecular weight is 356 g/mol. The SMILES string of the molecule is O=C(CN1CCOCC1)Nc1csc2c1C(=O)c1ccccc1C2=O. The second kappa shape index (κ2) is 6.51. The van der Waals surface area contributed by atoms with Crippen LogP contribution in [0.15, 0.2) is 29.6 Å². The molecule has 7 heteroatoms. The first-order valence-electron chi connectivity index (χ1n) is 8.05. The van der Waals surface area contributed by atoms with Gasteiger partial charge in [0.25, 0.3) is 0 Å². The Morgan fingerprint density at radius 2 is 1.80 bits per heavy atom. The third kappa shape index (κ3) is 2.90. The van der Waals surface area contributed by atoms with Gasteiger partial charge in [-0.05, 0) is 0 Å². The van der Waals surface area contributed by atoms with E-state index in [2.05, 4.69) is 5.32 Å². The average Bonchev–Trinajstić information content (AvgIpc) is 3.04. The lowest BCUT2D eigenvalue weighted by molar-refractivity contribution is -0.118. The second-order valence-corrected chi connectivity index (χ2v) is 6.87. The summed E-state index contributed by atoms with van der Waals surface area (Å²) in [6, 6.07) is 6.79. The van der Waals surface area contributed by atoms with Crippen LogP contribution in [0.4, 0.5) is 5.69 Å². The fourth-order valence-corrected chi connectivity index (χ4v) is 4.08. The molecular weight excluding hydrogens is 340 g/mol. The number of anilines is 1. The normalized spacial score (nSPS) is 17.1. The van der Waals surface area contributed by atoms with Crippen molar-refractivity contribution in [2.45, 2.75) is 0 Å². The van der Waals surface area contributed by atoms with Crippen LogP contribution in [0.25, 0.3) is 0 Å². The fourth-order valence-electron chi connectivity index (χ4n) is 3.13. The number of thiophene rings is 1. The van der Waals surface area contributed by atoms with Crippen LogP contribution in [-0.4, -0.2) is 55.2 Å². The highest BCUT2D eigenvalue weighted by Gasteiger charge is 2.33. The van der Waals surface area contributed by atoms with Crippen LogP contribution in [0.1, 0.15) is 31.2 Å². The standard InChI is InChI=1S/C18H16N2O4S/c21-14(9-20-5-7-24-8-6-20)19-13-10-25-18-15(13)16(22)11-3-1-2-4-12(11)17(18)23/h1-4,10H,5-9H2,(H,19,21). The Morgan fingerprint density at radius 1 is 1.12 bits per heavy atom. The number of ether oxygens (including phenoxy) is 1. The number of rotatable bonds is 3. The van der Waals surface area contributed by atoms with Crippen molar-refractivity contribution in [2.75, 3.05) is 38.2 Å². The number of carbonyl (C=O) groups excluding carboxylic acids is 3. The van der Waals surface area contributed by atoms with Crippen LogP contribution in [0.5, 0.6) is 0 Å². The summed E-state index contributed by atoms with van der Waals surface area (Å²) in [5.74, 6) is -0.571. The van der Waals surface area contributed by atoms with Gasteiger partial charge in [0, 0.05) is 29.6 Å². The van der Waals surface area contributed by atoms with Gasteiger partial charge in [-0.15, -0.1) is 11.3 Å². The van der Waals surface area contributed by atoms with E-state index in [0.717, 1.165) is 0 Å². The highest BCUT2D eigenvalue weighted by Crippen LogP contribution is 2.36. The number of fused-ring (bicyclic) bond motifs is 2. The van der Waals surface area contributed by atoms with Crippen molar-refractivity contribution in [2.24, 2.45) is 0 Å². The molecule has 1 N–H and O–H groups in total. The van der Waals surface area contributed by atoms with E-state index < -0.39 is 0 Å². The first kappa shape index (κ1) is 16.1. The summed E-state index contributed by atoms with van der Waals surface area (Å²) >= 11 is 1.20. The number of amides is 1. The molecule has 1 aliphatic carbocycles. The third-order valence-electron chi connectivity index (χ3n) is 4.39. The maximum atomic E-state index is 12.8. The van der Waals surface area contributed by atoms with Crippen LogP contribution < -0.4 is 5.32 Å². The lowest BCUT2D eigenvalue weighted by atomic mass is 9.88. The van der Waals surface area contributed by atoms with Gasteiger partial charge < -0.3 is 10.1 Å². The highest BCUT2D eigenvalue weighted by atomic mass is 32.1. The Balaban J connectivity index is 1.57. The molecule has 0 spiro atoms. The van der Waals surface area contributed by atoms with E-state index in [9.17, 15) is 14.4 Å². The number of hydrogen-bond donors (Lipinski definition) is 1. The van der Waals surface area contributed by atoms with Crippen molar-refractivity contribution in [1.29, 1.82) is 0 Å². The molecule has 2 aliphatic rings. The number of nitrogens with one attached hydrogen (secondary N) is 1. The molecule has 2 heterocycles. The smallest absolute Gasteiger partial charge is 0.238 e. The summed E-state index contributed by atoms with van der Waals surface area (Å²) in [7, 11) is 0. The van der Waals surface area contributed by atoms with Gasteiger partial charge in [0.2, 0.25) is 11.7 Å². The first-order valence-corrected chi connectivity index (χ1v) is 8.93. The minimum absolute atomic E-state index is 0.163. The molecule has 4 rings (SSSR count). The number of ketones is 2. The molecular formula is C18H16N2O4S. The lowest BCUT2D eigenvalue weighted by Crippen LogP contribution is -2.41. The molecule has 0 radical (unpaired) electrons. The Hall–Kier alpha value is -2.35. The molecule has 2 aromatic rings. The zero-order valence-electron chi connectivity index (χ0n) is 13.4. The quantitative estimate of drug-likeness (QED) is 0.774. The van der Waals surface area contributed by atoms with Gasteiger partial charge in [0.05, 0.1) is 35.9 Å². The van der Waals surface area contributed by atoms with Crippen LogP contribution in [0.2, 0.25) is 0 Å². The lowest BCUT2D eigenvalue weighted by Gasteiger charge is -2.25. The Kier molecular flexibility index (Phi) is 4.20. The molecule has 1 amide bonds. The van der Waals surface area contributed by atoms with Gasteiger partial charge in [0.15, 0.2) is 5.78 Å². The Morgan fingerprint density at radius 3 is 2.52 bits per heavy atom. The van der Waals surface area contributed by atoms with Gasteiger partial charge in [-0.3, -0.25) is 19.3 Å². The first-order chi connectivity index (χ1) is 12.1. The van der Waals surface area contributed by atoms with Crippen molar-refractivity contribution in [3.8, 4) is 0 Å². The summed E-state index contributed by atoms with van der Waals surface area (Å²) in [5.41, 5.74) is 1.55. The Bertz CT molecular complexity index is 868. The molecule has 0 unspecified atom stereocenters. The predicted octanol–water partition coefficient (Wildman–Crippen LogP) is 1.79. The van der Waals surface area contributed by atoms with Gasteiger partial charge in [0.1, 0.15) is 0 Å². The van der Waals surface area contributed by atoms with E-state index in [-0.39, 0.29) is 24.0 Å². The van der Waals surface area contributed by atoms with Gasteiger partial charge in [-0.25, -0.2) is 0 Å².